The quantitative estimate of drug-likeness (QED) is 0.571. The number of carbonyl (C=O) groups is 1. The molecule has 5 nitrogen and oxygen atoms in total. The Morgan fingerprint density at radius 2 is 2.00 bits per heavy atom. The summed E-state index contributed by atoms with van der Waals surface area (Å²) in [6, 6.07) is 3.79. The number of alkyl halides is 3. The van der Waals surface area contributed by atoms with E-state index in [1.54, 1.807) is 23.1 Å². The van der Waals surface area contributed by atoms with Gasteiger partial charge in [-0.3, -0.25) is 4.79 Å². The van der Waals surface area contributed by atoms with Crippen molar-refractivity contribution in [1.29, 1.82) is 0 Å². The van der Waals surface area contributed by atoms with Gasteiger partial charge in [0.2, 0.25) is 0 Å². The molecule has 168 valence electrons. The van der Waals surface area contributed by atoms with Gasteiger partial charge in [0, 0.05) is 25.1 Å². The number of nitrogens with one attached hydrogen (secondary N) is 1. The summed E-state index contributed by atoms with van der Waals surface area (Å²) in [5, 5.41) is 7.80. The van der Waals surface area contributed by atoms with Crippen LogP contribution in [0.15, 0.2) is 24.3 Å². The molecule has 2 aromatic rings. The summed E-state index contributed by atoms with van der Waals surface area (Å²) in [5.41, 5.74) is 0.623. The predicted molar refractivity (Wildman–Crippen MR) is 114 cm³/mol. The van der Waals surface area contributed by atoms with Crippen LogP contribution in [0.25, 0.3) is 0 Å². The summed E-state index contributed by atoms with van der Waals surface area (Å²) < 4.78 is 42.6. The highest BCUT2D eigenvalue weighted by molar-refractivity contribution is 6.42. The summed E-state index contributed by atoms with van der Waals surface area (Å²) in [5.74, 6) is -0.152. The summed E-state index contributed by atoms with van der Waals surface area (Å²) in [4.78, 5) is 14.8. The third-order valence-corrected chi connectivity index (χ3v) is 6.85. The molecule has 10 heteroatoms. The molecule has 31 heavy (non-hydrogen) atoms. The van der Waals surface area contributed by atoms with Gasteiger partial charge in [0.15, 0.2) is 11.7 Å². The average molecular weight is 475 g/mol. The number of likely N-dealkylation sites (tertiary alicyclic amines) is 1. The van der Waals surface area contributed by atoms with Gasteiger partial charge >= 0.3 is 6.18 Å². The van der Waals surface area contributed by atoms with Crippen LogP contribution in [0.4, 0.5) is 19.0 Å². The fourth-order valence-corrected chi connectivity index (χ4v) is 4.77. The Balaban J connectivity index is 1.67. The normalized spacial score (nSPS) is 23.9. The second-order valence-electron chi connectivity index (χ2n) is 8.08. The summed E-state index contributed by atoms with van der Waals surface area (Å²) in [6.45, 7) is 2.61. The fraction of sp³-hybridized carbons (Fsp3) is 0.524. The number of carbonyl (C=O) groups excluding carboxylic acids is 1. The van der Waals surface area contributed by atoms with Gasteiger partial charge in [-0.2, -0.15) is 18.3 Å². The number of piperidine rings is 1. The second-order valence-corrected chi connectivity index (χ2v) is 8.89. The number of fused-ring (bicyclic) bond motifs is 1. The first-order chi connectivity index (χ1) is 14.7. The molecule has 1 saturated heterocycles. The predicted octanol–water partition coefficient (Wildman–Crippen LogP) is 6.25. The Bertz CT molecular complexity index is 978. The fourth-order valence-electron chi connectivity index (χ4n) is 4.47. The van der Waals surface area contributed by atoms with Crippen molar-refractivity contribution in [3.63, 3.8) is 0 Å². The van der Waals surface area contributed by atoms with Crippen LogP contribution in [0.2, 0.25) is 10.0 Å². The number of anilines is 1. The number of nitrogens with zero attached hydrogens (tertiary/aromatic N) is 3. The van der Waals surface area contributed by atoms with E-state index < -0.39 is 18.3 Å². The molecule has 2 aliphatic rings. The summed E-state index contributed by atoms with van der Waals surface area (Å²) in [6.07, 6.45) is -1.15. The lowest BCUT2D eigenvalue weighted by molar-refractivity contribution is -0.173. The van der Waals surface area contributed by atoms with Gasteiger partial charge < -0.3 is 10.2 Å². The van der Waals surface area contributed by atoms with E-state index in [1.165, 1.54) is 6.07 Å². The third kappa shape index (κ3) is 4.37. The van der Waals surface area contributed by atoms with Gasteiger partial charge in [0.25, 0.3) is 5.91 Å². The Kier molecular flexibility index (Phi) is 6.14. The molecule has 1 aromatic heterocycles. The van der Waals surface area contributed by atoms with Crippen molar-refractivity contribution in [3.8, 4) is 0 Å². The molecule has 1 N–H and O–H groups in total. The van der Waals surface area contributed by atoms with E-state index in [9.17, 15) is 18.0 Å². The Morgan fingerprint density at radius 1 is 1.23 bits per heavy atom. The van der Waals surface area contributed by atoms with Crippen molar-refractivity contribution in [2.45, 2.75) is 63.3 Å². The number of hydrogen-bond donors (Lipinski definition) is 1. The minimum absolute atomic E-state index is 0.0342. The van der Waals surface area contributed by atoms with Crippen molar-refractivity contribution in [1.82, 2.24) is 14.7 Å². The molecule has 0 unspecified atom stereocenters. The van der Waals surface area contributed by atoms with Crippen molar-refractivity contribution >= 4 is 34.9 Å². The number of halogens is 5. The molecule has 3 heterocycles. The van der Waals surface area contributed by atoms with Crippen LogP contribution < -0.4 is 5.32 Å². The maximum Gasteiger partial charge on any atom is 0.410 e. The lowest BCUT2D eigenvalue weighted by Gasteiger charge is -2.34. The van der Waals surface area contributed by atoms with E-state index in [2.05, 4.69) is 10.4 Å². The second kappa shape index (κ2) is 8.54. The van der Waals surface area contributed by atoms with Crippen LogP contribution in [0.5, 0.6) is 0 Å². The maximum absolute atomic E-state index is 13.9. The molecule has 0 spiro atoms. The van der Waals surface area contributed by atoms with E-state index in [0.29, 0.717) is 17.1 Å². The van der Waals surface area contributed by atoms with Crippen molar-refractivity contribution < 1.29 is 18.0 Å². The number of benzene rings is 1. The molecule has 0 aliphatic carbocycles. The first-order valence-corrected chi connectivity index (χ1v) is 11.1. The van der Waals surface area contributed by atoms with E-state index >= 15 is 0 Å². The lowest BCUT2D eigenvalue weighted by Crippen LogP contribution is -2.43. The molecule has 1 fully saturated rings. The first kappa shape index (κ1) is 22.3. The number of amides is 1. The largest absolute Gasteiger partial charge is 0.410 e. The summed E-state index contributed by atoms with van der Waals surface area (Å²) >= 11 is 12.0. The van der Waals surface area contributed by atoms with Crippen molar-refractivity contribution in [3.05, 3.63) is 45.6 Å². The molecule has 1 amide bonds. The van der Waals surface area contributed by atoms with Crippen LogP contribution in [0.3, 0.4) is 0 Å². The zero-order valence-electron chi connectivity index (χ0n) is 16.9. The van der Waals surface area contributed by atoms with E-state index in [1.807, 2.05) is 6.92 Å². The lowest BCUT2D eigenvalue weighted by atomic mass is 9.97. The minimum Gasteiger partial charge on any atom is -0.363 e. The Hall–Kier alpha value is -1.93. The standard InChI is InChI=1S/C21H23Cl2F3N4O/c1-2-13-5-3-4-8-29(13)20(31)17-11-19-27-16(12-6-7-14(22)15(23)9-12)10-18(21(24,25)26)30(19)28-17/h6-7,9,11,13,16,18,27H,2-5,8,10H2,1H3/t13-,16+,18+/m0/s1. The van der Waals surface area contributed by atoms with Gasteiger partial charge in [-0.15, -0.1) is 0 Å². The topological polar surface area (TPSA) is 50.2 Å². The molecule has 4 rings (SSSR count). The molecular formula is C21H23Cl2F3N4O. The number of rotatable bonds is 3. The Labute approximate surface area is 188 Å². The smallest absolute Gasteiger partial charge is 0.363 e. The molecule has 0 bridgehead atoms. The highest BCUT2D eigenvalue weighted by Gasteiger charge is 2.47. The zero-order chi connectivity index (χ0) is 22.3. The van der Waals surface area contributed by atoms with Crippen LogP contribution in [-0.2, 0) is 0 Å². The number of aromatic nitrogens is 2. The molecule has 3 atom stereocenters. The summed E-state index contributed by atoms with van der Waals surface area (Å²) in [7, 11) is 0. The van der Waals surface area contributed by atoms with Crippen LogP contribution in [0, 0.1) is 0 Å². The monoisotopic (exact) mass is 474 g/mol. The minimum atomic E-state index is -4.52. The zero-order valence-corrected chi connectivity index (χ0v) is 18.4. The van der Waals surface area contributed by atoms with E-state index in [4.69, 9.17) is 23.2 Å². The van der Waals surface area contributed by atoms with Gasteiger partial charge in [0.1, 0.15) is 5.82 Å². The van der Waals surface area contributed by atoms with Gasteiger partial charge in [-0.1, -0.05) is 36.2 Å². The van der Waals surface area contributed by atoms with Gasteiger partial charge in [0.05, 0.1) is 16.1 Å². The highest BCUT2D eigenvalue weighted by atomic mass is 35.5. The van der Waals surface area contributed by atoms with E-state index in [-0.39, 0.29) is 34.9 Å². The van der Waals surface area contributed by atoms with Crippen LogP contribution in [0.1, 0.15) is 67.2 Å². The van der Waals surface area contributed by atoms with Crippen molar-refractivity contribution in [2.75, 3.05) is 11.9 Å². The highest BCUT2D eigenvalue weighted by Crippen LogP contribution is 2.44. The van der Waals surface area contributed by atoms with E-state index in [0.717, 1.165) is 30.4 Å². The SMILES string of the molecule is CC[C@H]1CCCCN1C(=O)c1cc2n(n1)[C@@H](C(F)(F)F)C[C@H](c1ccc(Cl)c(Cl)c1)N2. The molecule has 0 radical (unpaired) electrons. The first-order valence-electron chi connectivity index (χ1n) is 10.4. The molecule has 2 aliphatic heterocycles. The van der Waals surface area contributed by atoms with Crippen molar-refractivity contribution in [2.24, 2.45) is 0 Å². The average Bonchev–Trinajstić information content (AvgIpc) is 3.17. The van der Waals surface area contributed by atoms with Gasteiger partial charge in [-0.05, 0) is 43.4 Å². The third-order valence-electron chi connectivity index (χ3n) is 6.11. The molecule has 1 aromatic carbocycles. The van der Waals surface area contributed by atoms with Crippen LogP contribution >= 0.6 is 23.2 Å². The number of hydrogen-bond acceptors (Lipinski definition) is 3. The van der Waals surface area contributed by atoms with Crippen LogP contribution in [-0.4, -0.2) is 39.4 Å². The maximum atomic E-state index is 13.9. The Morgan fingerprint density at radius 3 is 2.68 bits per heavy atom. The molecular weight excluding hydrogens is 452 g/mol. The van der Waals surface area contributed by atoms with Gasteiger partial charge in [-0.25, -0.2) is 4.68 Å². The molecule has 0 saturated carbocycles.